The Kier molecular flexibility index (Phi) is 7.99. The molecular weight excluding hydrogens is 308 g/mol. The van der Waals surface area contributed by atoms with Crippen molar-refractivity contribution < 1.29 is 0 Å². The number of anilines is 1. The van der Waals surface area contributed by atoms with Gasteiger partial charge in [-0.05, 0) is 55.7 Å². The van der Waals surface area contributed by atoms with E-state index < -0.39 is 0 Å². The highest BCUT2D eigenvalue weighted by molar-refractivity contribution is 6.11. The minimum Gasteiger partial charge on any atom is -0.385 e. The largest absolute Gasteiger partial charge is 0.385 e. The Balaban J connectivity index is 2.27. The minimum atomic E-state index is 0.873. The van der Waals surface area contributed by atoms with Gasteiger partial charge in [0.15, 0.2) is 0 Å². The average molecular weight is 338 g/mol. The molecule has 4 nitrogen and oxygen atoms in total. The van der Waals surface area contributed by atoms with Crippen LogP contribution in [0.25, 0.3) is 5.57 Å². The van der Waals surface area contributed by atoms with Gasteiger partial charge in [-0.3, -0.25) is 4.99 Å². The van der Waals surface area contributed by atoms with E-state index in [1.54, 1.807) is 0 Å². The van der Waals surface area contributed by atoms with E-state index in [2.05, 4.69) is 70.9 Å². The van der Waals surface area contributed by atoms with Crippen LogP contribution in [0.5, 0.6) is 0 Å². The van der Waals surface area contributed by atoms with Crippen molar-refractivity contribution in [1.82, 2.24) is 10.6 Å². The van der Waals surface area contributed by atoms with Crippen molar-refractivity contribution in [3.8, 4) is 0 Å². The van der Waals surface area contributed by atoms with Gasteiger partial charge in [0.2, 0.25) is 0 Å². The molecule has 0 radical (unpaired) electrons. The number of hydrogen-bond donors (Lipinski definition) is 3. The predicted octanol–water partition coefficient (Wildman–Crippen LogP) is 3.62. The first kappa shape index (κ1) is 19.0. The fraction of sp³-hybridized carbons (Fsp3) is 0.381. The van der Waals surface area contributed by atoms with Crippen molar-refractivity contribution in [3.63, 3.8) is 0 Å². The van der Waals surface area contributed by atoms with Crippen molar-refractivity contribution >= 4 is 17.5 Å². The molecule has 0 aliphatic carbocycles. The molecule has 0 atom stereocenters. The maximum atomic E-state index is 4.25. The van der Waals surface area contributed by atoms with Crippen LogP contribution >= 0.6 is 0 Å². The first-order valence-electron chi connectivity index (χ1n) is 8.97. The quantitative estimate of drug-likeness (QED) is 0.686. The Bertz CT molecular complexity index is 656. The molecule has 0 saturated heterocycles. The smallest absolute Gasteiger partial charge is 0.0346 e. The lowest BCUT2D eigenvalue weighted by Crippen LogP contribution is -2.27. The van der Waals surface area contributed by atoms with Crippen LogP contribution in [0.15, 0.2) is 59.3 Å². The molecule has 0 saturated carbocycles. The molecule has 0 fully saturated rings. The summed E-state index contributed by atoms with van der Waals surface area (Å²) in [5.74, 6) is 0. The second kappa shape index (κ2) is 10.5. The second-order valence-electron chi connectivity index (χ2n) is 6.25. The molecule has 4 heteroatoms. The third-order valence-corrected chi connectivity index (χ3v) is 4.15. The van der Waals surface area contributed by atoms with Crippen LogP contribution in [0, 0.1) is 0 Å². The molecule has 0 amide bonds. The van der Waals surface area contributed by atoms with Gasteiger partial charge < -0.3 is 16.0 Å². The maximum Gasteiger partial charge on any atom is 0.0346 e. The summed E-state index contributed by atoms with van der Waals surface area (Å²) in [7, 11) is 1.82. The number of fused-ring (bicyclic) bond motifs is 2. The van der Waals surface area contributed by atoms with Gasteiger partial charge in [-0.15, -0.1) is 0 Å². The van der Waals surface area contributed by atoms with E-state index in [4.69, 9.17) is 0 Å². The van der Waals surface area contributed by atoms with E-state index in [1.807, 2.05) is 13.3 Å². The summed E-state index contributed by atoms with van der Waals surface area (Å²) in [4.78, 5) is 4.25. The SMILES string of the molecule is C=C1/C=C\C/C(C)=C(\C=NC)c2cccc(c2)NCCCNCCN1. The average Bonchev–Trinajstić information content (AvgIpc) is 2.61. The lowest BCUT2D eigenvalue weighted by Gasteiger charge is -2.11. The highest BCUT2D eigenvalue weighted by Crippen LogP contribution is 2.22. The number of hydrogen-bond acceptors (Lipinski definition) is 4. The second-order valence-corrected chi connectivity index (χ2v) is 6.25. The summed E-state index contributed by atoms with van der Waals surface area (Å²) >= 11 is 0. The third-order valence-electron chi connectivity index (χ3n) is 4.15. The summed E-state index contributed by atoms with van der Waals surface area (Å²) < 4.78 is 0. The van der Waals surface area contributed by atoms with Crippen molar-refractivity contribution in [1.29, 1.82) is 0 Å². The van der Waals surface area contributed by atoms with Gasteiger partial charge in [0, 0.05) is 44.3 Å². The normalized spacial score (nSPS) is 22.1. The fourth-order valence-corrected chi connectivity index (χ4v) is 2.79. The molecule has 0 aromatic heterocycles. The van der Waals surface area contributed by atoms with Gasteiger partial charge in [-0.25, -0.2) is 0 Å². The Labute approximate surface area is 151 Å². The van der Waals surface area contributed by atoms with Crippen molar-refractivity contribution in [3.05, 3.63) is 59.8 Å². The fourth-order valence-electron chi connectivity index (χ4n) is 2.79. The van der Waals surface area contributed by atoms with Gasteiger partial charge in [-0.2, -0.15) is 0 Å². The topological polar surface area (TPSA) is 48.5 Å². The number of nitrogens with one attached hydrogen (secondary N) is 3. The summed E-state index contributed by atoms with van der Waals surface area (Å²) in [5.41, 5.74) is 5.77. The van der Waals surface area contributed by atoms with Crippen molar-refractivity contribution in [2.75, 3.05) is 38.5 Å². The Morgan fingerprint density at radius 2 is 2.00 bits per heavy atom. The molecule has 1 aromatic rings. The predicted molar refractivity (Wildman–Crippen MR) is 110 cm³/mol. The zero-order chi connectivity index (χ0) is 17.9. The summed E-state index contributed by atoms with van der Waals surface area (Å²) in [6.07, 6.45) is 8.12. The summed E-state index contributed by atoms with van der Waals surface area (Å²) in [6, 6.07) is 8.57. The number of aliphatic imine (C=N–C) groups is 1. The molecule has 134 valence electrons. The molecule has 0 spiro atoms. The molecule has 1 aliphatic heterocycles. The van der Waals surface area contributed by atoms with E-state index in [-0.39, 0.29) is 0 Å². The van der Waals surface area contributed by atoms with E-state index >= 15 is 0 Å². The molecule has 3 N–H and O–H groups in total. The van der Waals surface area contributed by atoms with Gasteiger partial charge in [0.25, 0.3) is 0 Å². The molecule has 2 rings (SSSR count). The summed E-state index contributed by atoms with van der Waals surface area (Å²) in [5, 5.41) is 10.3. The minimum absolute atomic E-state index is 0.873. The Hall–Kier alpha value is -2.33. The number of benzene rings is 1. The third kappa shape index (κ3) is 6.59. The van der Waals surface area contributed by atoms with Crippen molar-refractivity contribution in [2.45, 2.75) is 19.8 Å². The molecular formula is C21H30N4. The number of rotatable bonds is 1. The zero-order valence-electron chi connectivity index (χ0n) is 15.4. The first-order chi connectivity index (χ1) is 12.2. The highest BCUT2D eigenvalue weighted by Gasteiger charge is 2.05. The molecule has 25 heavy (non-hydrogen) atoms. The zero-order valence-corrected chi connectivity index (χ0v) is 15.4. The molecule has 1 aromatic carbocycles. The van der Waals surface area contributed by atoms with Gasteiger partial charge >= 0.3 is 0 Å². The monoisotopic (exact) mass is 338 g/mol. The molecule has 1 heterocycles. The highest BCUT2D eigenvalue weighted by atomic mass is 14.9. The van der Waals surface area contributed by atoms with Crippen LogP contribution in [-0.2, 0) is 0 Å². The Morgan fingerprint density at radius 1 is 1.12 bits per heavy atom. The number of allylic oxidation sites excluding steroid dienone is 4. The lowest BCUT2D eigenvalue weighted by molar-refractivity contribution is 0.638. The van der Waals surface area contributed by atoms with Crippen LogP contribution in [0.4, 0.5) is 5.69 Å². The van der Waals surface area contributed by atoms with Gasteiger partial charge in [0.1, 0.15) is 0 Å². The Morgan fingerprint density at radius 3 is 2.84 bits per heavy atom. The van der Waals surface area contributed by atoms with Crippen LogP contribution in [0.2, 0.25) is 0 Å². The van der Waals surface area contributed by atoms with E-state index in [9.17, 15) is 0 Å². The van der Waals surface area contributed by atoms with Gasteiger partial charge in [-0.1, -0.05) is 30.4 Å². The maximum absolute atomic E-state index is 4.25. The van der Waals surface area contributed by atoms with Gasteiger partial charge in [0.05, 0.1) is 0 Å². The standard InChI is InChI=1S/C21H30N4/c1-17-7-4-8-18(2)24-14-13-23-11-6-12-25-20-10-5-9-19(15-20)21(17)16-22-3/h4-5,8-10,15-16,23-25H,2,6-7,11-14H2,1,3H3/b8-4-,21-17+,22-16?. The van der Waals surface area contributed by atoms with E-state index in [1.165, 1.54) is 16.7 Å². The lowest BCUT2D eigenvalue weighted by atomic mass is 9.99. The molecule has 2 bridgehead atoms. The van der Waals surface area contributed by atoms with Crippen molar-refractivity contribution in [2.24, 2.45) is 4.99 Å². The summed E-state index contributed by atoms with van der Waals surface area (Å²) in [6.45, 7) is 10.0. The van der Waals surface area contributed by atoms with Crippen LogP contribution in [0.3, 0.4) is 0 Å². The first-order valence-corrected chi connectivity index (χ1v) is 8.97. The van der Waals surface area contributed by atoms with Crippen LogP contribution < -0.4 is 16.0 Å². The van der Waals surface area contributed by atoms with E-state index in [0.29, 0.717) is 0 Å². The molecule has 0 unspecified atom stereocenters. The van der Waals surface area contributed by atoms with E-state index in [0.717, 1.165) is 50.4 Å². The number of nitrogens with zero attached hydrogens (tertiary/aromatic N) is 1. The van der Waals surface area contributed by atoms with Crippen LogP contribution in [0.1, 0.15) is 25.3 Å². The molecule has 1 aliphatic rings. The van der Waals surface area contributed by atoms with Crippen LogP contribution in [-0.4, -0.2) is 39.4 Å².